The van der Waals surface area contributed by atoms with Crippen LogP contribution in [0.4, 0.5) is 4.39 Å². The van der Waals surface area contributed by atoms with E-state index >= 15 is 0 Å². The van der Waals surface area contributed by atoms with Crippen LogP contribution in [0.25, 0.3) is 0 Å². The van der Waals surface area contributed by atoms with Crippen molar-refractivity contribution in [1.82, 2.24) is 10.2 Å². The first kappa shape index (κ1) is 12.8. The third-order valence-corrected chi connectivity index (χ3v) is 3.42. The summed E-state index contributed by atoms with van der Waals surface area (Å²) in [6.07, 6.45) is 2.54. The van der Waals surface area contributed by atoms with Gasteiger partial charge in [0.2, 0.25) is 0 Å². The van der Waals surface area contributed by atoms with Crippen LogP contribution in [0.2, 0.25) is 5.02 Å². The third-order valence-electron chi connectivity index (χ3n) is 3.13. The van der Waals surface area contributed by atoms with E-state index in [2.05, 4.69) is 10.2 Å². The number of halogens is 2. The van der Waals surface area contributed by atoms with Gasteiger partial charge in [-0.1, -0.05) is 17.7 Å². The molecule has 2 nitrogen and oxygen atoms in total. The molecule has 1 aromatic rings. The molecular weight excluding hydrogens is 239 g/mol. The summed E-state index contributed by atoms with van der Waals surface area (Å²) < 4.78 is 13.1. The zero-order valence-electron chi connectivity index (χ0n) is 10.2. The van der Waals surface area contributed by atoms with E-state index in [9.17, 15) is 4.39 Å². The number of likely N-dealkylation sites (N-methyl/N-ethyl adjacent to an activating group) is 1. The van der Waals surface area contributed by atoms with E-state index in [0.717, 1.165) is 12.1 Å². The Balaban J connectivity index is 2.09. The highest BCUT2D eigenvalue weighted by molar-refractivity contribution is 6.30. The molecule has 1 unspecified atom stereocenters. The fraction of sp³-hybridized carbons (Fsp3) is 0.538. The van der Waals surface area contributed by atoms with Crippen LogP contribution in [-0.4, -0.2) is 31.6 Å². The minimum absolute atomic E-state index is 0.195. The molecule has 1 aromatic carbocycles. The lowest BCUT2D eigenvalue weighted by Gasteiger charge is -2.25. The lowest BCUT2D eigenvalue weighted by atomic mass is 10.1. The molecule has 4 heteroatoms. The summed E-state index contributed by atoms with van der Waals surface area (Å²) in [4.78, 5) is 2.12. The molecule has 0 spiro atoms. The molecule has 17 heavy (non-hydrogen) atoms. The van der Waals surface area contributed by atoms with Crippen LogP contribution in [0.15, 0.2) is 18.2 Å². The van der Waals surface area contributed by atoms with E-state index in [1.54, 1.807) is 12.1 Å². The maximum atomic E-state index is 13.1. The zero-order valence-corrected chi connectivity index (χ0v) is 11.0. The van der Waals surface area contributed by atoms with Crippen LogP contribution in [0.5, 0.6) is 0 Å². The van der Waals surface area contributed by atoms with Gasteiger partial charge >= 0.3 is 0 Å². The van der Waals surface area contributed by atoms with Gasteiger partial charge in [-0.3, -0.25) is 0 Å². The van der Waals surface area contributed by atoms with Crippen molar-refractivity contribution < 1.29 is 4.39 Å². The van der Waals surface area contributed by atoms with Crippen LogP contribution in [-0.2, 0) is 0 Å². The fourth-order valence-corrected chi connectivity index (χ4v) is 2.07. The SMILES string of the molecule is CN(C)C(CNC1CC1)c1ccc(F)c(Cl)c1. The monoisotopic (exact) mass is 256 g/mol. The first-order chi connectivity index (χ1) is 8.08. The van der Waals surface area contributed by atoms with Crippen molar-refractivity contribution in [3.05, 3.63) is 34.6 Å². The van der Waals surface area contributed by atoms with Crippen LogP contribution < -0.4 is 5.32 Å². The van der Waals surface area contributed by atoms with E-state index in [-0.39, 0.29) is 16.9 Å². The molecule has 0 radical (unpaired) electrons. The van der Waals surface area contributed by atoms with Gasteiger partial charge in [0.25, 0.3) is 0 Å². The highest BCUT2D eigenvalue weighted by Gasteiger charge is 2.23. The number of hydrogen-bond acceptors (Lipinski definition) is 2. The largest absolute Gasteiger partial charge is 0.312 e. The minimum Gasteiger partial charge on any atom is -0.312 e. The summed E-state index contributed by atoms with van der Waals surface area (Å²) in [6.45, 7) is 0.875. The Kier molecular flexibility index (Phi) is 4.02. The summed E-state index contributed by atoms with van der Waals surface area (Å²) >= 11 is 5.82. The normalized spacial score (nSPS) is 17.5. The van der Waals surface area contributed by atoms with Crippen LogP contribution in [0.1, 0.15) is 24.4 Å². The molecule has 1 atom stereocenters. The first-order valence-electron chi connectivity index (χ1n) is 5.92. The maximum absolute atomic E-state index is 13.1. The molecule has 0 aromatic heterocycles. The zero-order chi connectivity index (χ0) is 12.4. The average molecular weight is 257 g/mol. The van der Waals surface area contributed by atoms with E-state index < -0.39 is 0 Å². The van der Waals surface area contributed by atoms with Gasteiger partial charge in [0.1, 0.15) is 5.82 Å². The molecule has 1 saturated carbocycles. The molecule has 94 valence electrons. The van der Waals surface area contributed by atoms with Crippen LogP contribution in [0, 0.1) is 5.82 Å². The second kappa shape index (κ2) is 5.34. The third kappa shape index (κ3) is 3.41. The fourth-order valence-electron chi connectivity index (χ4n) is 1.88. The number of benzene rings is 1. The topological polar surface area (TPSA) is 15.3 Å². The summed E-state index contributed by atoms with van der Waals surface area (Å²) in [7, 11) is 4.05. The molecule has 1 aliphatic rings. The smallest absolute Gasteiger partial charge is 0.141 e. The Morgan fingerprint density at radius 3 is 2.71 bits per heavy atom. The predicted molar refractivity (Wildman–Crippen MR) is 68.9 cm³/mol. The van der Waals surface area contributed by atoms with Gasteiger partial charge in [0.05, 0.1) is 5.02 Å². The van der Waals surface area contributed by atoms with Crippen LogP contribution in [0.3, 0.4) is 0 Å². The van der Waals surface area contributed by atoms with Gasteiger partial charge in [0, 0.05) is 18.6 Å². The molecular formula is C13H18ClFN2. The Labute approximate surface area is 107 Å². The van der Waals surface area contributed by atoms with Gasteiger partial charge in [-0.2, -0.15) is 0 Å². The van der Waals surface area contributed by atoms with Gasteiger partial charge in [0.15, 0.2) is 0 Å². The minimum atomic E-state index is -0.358. The lowest BCUT2D eigenvalue weighted by Crippen LogP contribution is -2.32. The molecule has 0 amide bonds. The van der Waals surface area contributed by atoms with E-state index in [0.29, 0.717) is 6.04 Å². The van der Waals surface area contributed by atoms with Gasteiger partial charge in [-0.05, 0) is 44.6 Å². The standard InChI is InChI=1S/C13H18ClFN2/c1-17(2)13(8-16-10-4-5-10)9-3-6-12(15)11(14)7-9/h3,6-7,10,13,16H,4-5,8H2,1-2H3. The first-order valence-corrected chi connectivity index (χ1v) is 6.30. The number of nitrogens with zero attached hydrogens (tertiary/aromatic N) is 1. The van der Waals surface area contributed by atoms with Gasteiger partial charge < -0.3 is 10.2 Å². The predicted octanol–water partition coefficient (Wildman–Crippen LogP) is 2.83. The highest BCUT2D eigenvalue weighted by Crippen LogP contribution is 2.25. The molecule has 0 aliphatic heterocycles. The molecule has 1 N–H and O–H groups in total. The average Bonchev–Trinajstić information content (AvgIpc) is 3.07. The van der Waals surface area contributed by atoms with E-state index in [1.807, 2.05) is 14.1 Å². The number of nitrogens with one attached hydrogen (secondary N) is 1. The Hall–Kier alpha value is -0.640. The summed E-state index contributed by atoms with van der Waals surface area (Å²) in [5.74, 6) is -0.358. The van der Waals surface area contributed by atoms with Crippen molar-refractivity contribution in [2.75, 3.05) is 20.6 Å². The van der Waals surface area contributed by atoms with Crippen LogP contribution >= 0.6 is 11.6 Å². The summed E-state index contributed by atoms with van der Waals surface area (Å²) in [6, 6.07) is 5.86. The lowest BCUT2D eigenvalue weighted by molar-refractivity contribution is 0.288. The molecule has 0 heterocycles. The Bertz CT molecular complexity index is 391. The van der Waals surface area contributed by atoms with Crippen molar-refractivity contribution in [3.63, 3.8) is 0 Å². The molecule has 1 fully saturated rings. The van der Waals surface area contributed by atoms with Crippen molar-refractivity contribution in [2.45, 2.75) is 24.9 Å². The summed E-state index contributed by atoms with van der Waals surface area (Å²) in [5, 5.41) is 3.69. The Morgan fingerprint density at radius 1 is 1.47 bits per heavy atom. The number of hydrogen-bond donors (Lipinski definition) is 1. The number of rotatable bonds is 5. The van der Waals surface area contributed by atoms with Gasteiger partial charge in [-0.15, -0.1) is 0 Å². The van der Waals surface area contributed by atoms with Crippen molar-refractivity contribution >= 4 is 11.6 Å². The van der Waals surface area contributed by atoms with Gasteiger partial charge in [-0.25, -0.2) is 4.39 Å². The van der Waals surface area contributed by atoms with E-state index in [1.165, 1.54) is 18.9 Å². The molecule has 0 bridgehead atoms. The summed E-state index contributed by atoms with van der Waals surface area (Å²) in [5.41, 5.74) is 1.05. The molecule has 0 saturated heterocycles. The molecule has 1 aliphatic carbocycles. The maximum Gasteiger partial charge on any atom is 0.141 e. The Morgan fingerprint density at radius 2 is 2.18 bits per heavy atom. The van der Waals surface area contributed by atoms with Crippen molar-refractivity contribution in [3.8, 4) is 0 Å². The van der Waals surface area contributed by atoms with E-state index in [4.69, 9.17) is 11.6 Å². The highest BCUT2D eigenvalue weighted by atomic mass is 35.5. The molecule has 2 rings (SSSR count). The second-order valence-electron chi connectivity index (χ2n) is 4.84. The van der Waals surface area contributed by atoms with Crippen molar-refractivity contribution in [2.24, 2.45) is 0 Å². The second-order valence-corrected chi connectivity index (χ2v) is 5.24. The quantitative estimate of drug-likeness (QED) is 0.872. The van der Waals surface area contributed by atoms with Crippen molar-refractivity contribution in [1.29, 1.82) is 0 Å².